The average Bonchev–Trinajstić information content (AvgIpc) is 2.74. The summed E-state index contributed by atoms with van der Waals surface area (Å²) in [5.74, 6) is 0.905. The number of rotatable bonds is 4. The molecule has 1 heteroatoms. The maximum Gasteiger partial charge on any atom is 0.0608 e. The minimum Gasteiger partial charge on any atom is -0.392 e. The van der Waals surface area contributed by atoms with E-state index in [1.165, 1.54) is 36.0 Å². The Kier molecular flexibility index (Phi) is 3.88. The smallest absolute Gasteiger partial charge is 0.0608 e. The molecule has 0 fully saturated rings. The quantitative estimate of drug-likeness (QED) is 0.844. The fourth-order valence-electron chi connectivity index (χ4n) is 2.62. The van der Waals surface area contributed by atoms with E-state index < -0.39 is 0 Å². The number of aliphatic hydroxyl groups is 1. The normalized spacial score (nSPS) is 18.2. The van der Waals surface area contributed by atoms with Crippen LogP contribution in [0, 0.1) is 11.8 Å². The molecule has 1 aliphatic carbocycles. The molecule has 0 aliphatic heterocycles. The van der Waals surface area contributed by atoms with Crippen molar-refractivity contribution >= 4 is 0 Å². The van der Waals surface area contributed by atoms with Crippen LogP contribution in [0.1, 0.15) is 43.9 Å². The lowest BCUT2D eigenvalue weighted by Crippen LogP contribution is -2.24. The highest BCUT2D eigenvalue weighted by atomic mass is 16.3. The maximum absolute atomic E-state index is 10.2. The van der Waals surface area contributed by atoms with E-state index in [1.807, 2.05) is 0 Å². The molecule has 0 aromatic heterocycles. The minimum atomic E-state index is -0.213. The lowest BCUT2D eigenvalue weighted by atomic mass is 9.88. The van der Waals surface area contributed by atoms with E-state index >= 15 is 0 Å². The molecule has 0 spiro atoms. The van der Waals surface area contributed by atoms with Gasteiger partial charge in [0.05, 0.1) is 6.10 Å². The Morgan fingerprint density at radius 1 is 1.12 bits per heavy atom. The lowest BCUT2D eigenvalue weighted by Gasteiger charge is -2.22. The van der Waals surface area contributed by atoms with E-state index in [1.54, 1.807) is 0 Å². The number of hydrogen-bond acceptors (Lipinski definition) is 1. The van der Waals surface area contributed by atoms with Crippen molar-refractivity contribution in [3.63, 3.8) is 0 Å². The van der Waals surface area contributed by atoms with Gasteiger partial charge in [-0.3, -0.25) is 0 Å². The highest BCUT2D eigenvalue weighted by molar-refractivity contribution is 5.35. The van der Waals surface area contributed by atoms with Crippen molar-refractivity contribution in [3.05, 3.63) is 34.9 Å². The van der Waals surface area contributed by atoms with Gasteiger partial charge in [-0.15, -0.1) is 0 Å². The molecule has 2 unspecified atom stereocenters. The zero-order chi connectivity index (χ0) is 12.4. The van der Waals surface area contributed by atoms with Crippen molar-refractivity contribution in [2.24, 2.45) is 11.8 Å². The van der Waals surface area contributed by atoms with E-state index in [0.717, 1.165) is 6.42 Å². The highest BCUT2D eigenvalue weighted by Gasteiger charge is 2.19. The van der Waals surface area contributed by atoms with Crippen LogP contribution < -0.4 is 0 Å². The van der Waals surface area contributed by atoms with Crippen LogP contribution in [0.25, 0.3) is 0 Å². The van der Waals surface area contributed by atoms with E-state index in [9.17, 15) is 5.11 Å². The van der Waals surface area contributed by atoms with E-state index in [4.69, 9.17) is 0 Å². The topological polar surface area (TPSA) is 20.2 Å². The van der Waals surface area contributed by atoms with Gasteiger partial charge >= 0.3 is 0 Å². The van der Waals surface area contributed by atoms with Crippen molar-refractivity contribution in [2.75, 3.05) is 0 Å². The summed E-state index contributed by atoms with van der Waals surface area (Å²) in [6.45, 7) is 6.50. The maximum atomic E-state index is 10.2. The summed E-state index contributed by atoms with van der Waals surface area (Å²) in [5, 5.41) is 10.2. The van der Waals surface area contributed by atoms with Crippen LogP contribution >= 0.6 is 0 Å². The van der Waals surface area contributed by atoms with Gasteiger partial charge in [-0.25, -0.2) is 0 Å². The standard InChI is InChI=1S/C16H24O/c1-11(2)12(3)16(17)10-13-7-8-14-5-4-6-15(14)9-13/h7-9,11-12,16-17H,4-6,10H2,1-3H3. The third-order valence-corrected chi connectivity index (χ3v) is 4.27. The first-order chi connectivity index (χ1) is 8.08. The molecular formula is C16H24O. The molecule has 2 atom stereocenters. The molecule has 1 nitrogen and oxygen atoms in total. The molecule has 0 bridgehead atoms. The fourth-order valence-corrected chi connectivity index (χ4v) is 2.62. The summed E-state index contributed by atoms with van der Waals surface area (Å²) in [7, 11) is 0. The minimum absolute atomic E-state index is 0.213. The van der Waals surface area contributed by atoms with Gasteiger partial charge in [-0.05, 0) is 54.2 Å². The Hall–Kier alpha value is -0.820. The second kappa shape index (κ2) is 5.22. The van der Waals surface area contributed by atoms with E-state index in [0.29, 0.717) is 11.8 Å². The highest BCUT2D eigenvalue weighted by Crippen LogP contribution is 2.25. The molecule has 1 aliphatic rings. The first-order valence-electron chi connectivity index (χ1n) is 6.86. The van der Waals surface area contributed by atoms with Crippen molar-refractivity contribution in [2.45, 2.75) is 52.6 Å². The molecular weight excluding hydrogens is 208 g/mol. The first-order valence-corrected chi connectivity index (χ1v) is 6.86. The van der Waals surface area contributed by atoms with Gasteiger partial charge in [0.2, 0.25) is 0 Å². The third-order valence-electron chi connectivity index (χ3n) is 4.27. The van der Waals surface area contributed by atoms with Crippen LogP contribution in [-0.2, 0) is 19.3 Å². The Bertz CT molecular complexity index is 381. The number of aryl methyl sites for hydroxylation is 2. The Morgan fingerprint density at radius 3 is 2.53 bits per heavy atom. The molecule has 0 amide bonds. The lowest BCUT2D eigenvalue weighted by molar-refractivity contribution is 0.0921. The SMILES string of the molecule is CC(C)C(C)C(O)Cc1ccc2c(c1)CCC2. The second-order valence-electron chi connectivity index (χ2n) is 5.83. The molecule has 94 valence electrons. The number of fused-ring (bicyclic) bond motifs is 1. The Morgan fingerprint density at radius 2 is 1.82 bits per heavy atom. The molecule has 17 heavy (non-hydrogen) atoms. The number of benzene rings is 1. The van der Waals surface area contributed by atoms with Crippen molar-refractivity contribution < 1.29 is 5.11 Å². The Balaban J connectivity index is 2.04. The van der Waals surface area contributed by atoms with Crippen LogP contribution in [0.3, 0.4) is 0 Å². The molecule has 0 saturated carbocycles. The molecule has 0 heterocycles. The Labute approximate surface area is 105 Å². The van der Waals surface area contributed by atoms with Crippen LogP contribution in [0.4, 0.5) is 0 Å². The largest absolute Gasteiger partial charge is 0.392 e. The predicted molar refractivity (Wildman–Crippen MR) is 72.2 cm³/mol. The molecule has 0 saturated heterocycles. The molecule has 1 aromatic rings. The van der Waals surface area contributed by atoms with Gasteiger partial charge in [0.1, 0.15) is 0 Å². The fraction of sp³-hybridized carbons (Fsp3) is 0.625. The monoisotopic (exact) mass is 232 g/mol. The summed E-state index contributed by atoms with van der Waals surface area (Å²) >= 11 is 0. The van der Waals surface area contributed by atoms with Crippen molar-refractivity contribution in [1.29, 1.82) is 0 Å². The molecule has 1 N–H and O–H groups in total. The second-order valence-corrected chi connectivity index (χ2v) is 5.83. The summed E-state index contributed by atoms with van der Waals surface area (Å²) in [4.78, 5) is 0. The van der Waals surface area contributed by atoms with E-state index in [-0.39, 0.29) is 6.10 Å². The number of hydrogen-bond donors (Lipinski definition) is 1. The summed E-state index contributed by atoms with van der Waals surface area (Å²) in [5.41, 5.74) is 4.32. The van der Waals surface area contributed by atoms with Gasteiger partial charge < -0.3 is 5.11 Å². The van der Waals surface area contributed by atoms with Crippen LogP contribution in [-0.4, -0.2) is 11.2 Å². The van der Waals surface area contributed by atoms with Gasteiger partial charge in [0.15, 0.2) is 0 Å². The van der Waals surface area contributed by atoms with Crippen molar-refractivity contribution in [1.82, 2.24) is 0 Å². The van der Waals surface area contributed by atoms with E-state index in [2.05, 4.69) is 39.0 Å². The molecule has 0 radical (unpaired) electrons. The van der Waals surface area contributed by atoms with Gasteiger partial charge in [-0.2, -0.15) is 0 Å². The first kappa shape index (κ1) is 12.6. The zero-order valence-electron chi connectivity index (χ0n) is 11.2. The number of aliphatic hydroxyl groups excluding tert-OH is 1. The zero-order valence-corrected chi connectivity index (χ0v) is 11.2. The predicted octanol–water partition coefficient (Wildman–Crippen LogP) is 3.37. The molecule has 2 rings (SSSR count). The summed E-state index contributed by atoms with van der Waals surface area (Å²) < 4.78 is 0. The third kappa shape index (κ3) is 2.90. The summed E-state index contributed by atoms with van der Waals surface area (Å²) in [6.07, 6.45) is 4.34. The van der Waals surface area contributed by atoms with Crippen LogP contribution in [0.2, 0.25) is 0 Å². The van der Waals surface area contributed by atoms with Gasteiger partial charge in [0, 0.05) is 0 Å². The van der Waals surface area contributed by atoms with Crippen molar-refractivity contribution in [3.8, 4) is 0 Å². The summed E-state index contributed by atoms with van der Waals surface area (Å²) in [6, 6.07) is 6.75. The molecule has 1 aromatic carbocycles. The van der Waals surface area contributed by atoms with Crippen LogP contribution in [0.15, 0.2) is 18.2 Å². The van der Waals surface area contributed by atoms with Gasteiger partial charge in [-0.1, -0.05) is 39.0 Å². The van der Waals surface area contributed by atoms with Crippen LogP contribution in [0.5, 0.6) is 0 Å². The van der Waals surface area contributed by atoms with Gasteiger partial charge in [0.25, 0.3) is 0 Å². The average molecular weight is 232 g/mol.